The zero-order valence-corrected chi connectivity index (χ0v) is 17.5. The van der Waals surface area contributed by atoms with E-state index in [0.29, 0.717) is 0 Å². The first-order valence-electron chi connectivity index (χ1n) is 9.53. The van der Waals surface area contributed by atoms with Crippen LogP contribution in [0.25, 0.3) is 0 Å². The summed E-state index contributed by atoms with van der Waals surface area (Å²) in [5.41, 5.74) is -0.894. The molecule has 0 saturated carbocycles. The van der Waals surface area contributed by atoms with Gasteiger partial charge in [-0.3, -0.25) is 4.79 Å². The third kappa shape index (κ3) is 8.67. The minimum Gasteiger partial charge on any atom is -0.444 e. The van der Waals surface area contributed by atoms with Crippen LogP contribution >= 0.6 is 0 Å². The number of halogens is 3. The van der Waals surface area contributed by atoms with Crippen LogP contribution in [0, 0.1) is 0 Å². The van der Waals surface area contributed by atoms with Crippen LogP contribution in [0.4, 0.5) is 23.7 Å². The molecular formula is C22H25F3N2O4. The normalized spacial score (nSPS) is 12.7. The van der Waals surface area contributed by atoms with Crippen molar-refractivity contribution in [2.24, 2.45) is 0 Å². The number of benzene rings is 2. The molecule has 0 unspecified atom stereocenters. The molecule has 2 amide bonds. The molecule has 0 bridgehead atoms. The molecule has 6 nitrogen and oxygen atoms in total. The monoisotopic (exact) mass is 438 g/mol. The molecule has 0 aromatic heterocycles. The van der Waals surface area contributed by atoms with E-state index in [4.69, 9.17) is 9.47 Å². The molecule has 9 heteroatoms. The average Bonchev–Trinajstić information content (AvgIpc) is 2.66. The first-order valence-corrected chi connectivity index (χ1v) is 9.53. The van der Waals surface area contributed by atoms with Crippen molar-refractivity contribution in [3.63, 3.8) is 0 Å². The number of anilines is 1. The number of hydrogen-bond acceptors (Lipinski definition) is 4. The predicted octanol–water partition coefficient (Wildman–Crippen LogP) is 4.75. The molecular weight excluding hydrogens is 413 g/mol. The average molecular weight is 438 g/mol. The SMILES string of the molecule is CC(C)(C)OC(=O)N[C@@H](COCc1ccccc1)C(=O)Nc1cccc(C(F)(F)F)c1. The van der Waals surface area contributed by atoms with Crippen LogP contribution in [-0.2, 0) is 27.1 Å². The number of carbonyl (C=O) groups excluding carboxylic acids is 2. The Bertz CT molecular complexity index is 880. The van der Waals surface area contributed by atoms with Gasteiger partial charge in [-0.25, -0.2) is 4.79 Å². The van der Waals surface area contributed by atoms with Crippen molar-refractivity contribution in [3.8, 4) is 0 Å². The lowest BCUT2D eigenvalue weighted by molar-refractivity contribution is -0.137. The summed E-state index contributed by atoms with van der Waals surface area (Å²) in [6.45, 7) is 4.96. The molecule has 0 spiro atoms. The van der Waals surface area contributed by atoms with Gasteiger partial charge in [-0.1, -0.05) is 36.4 Å². The number of ether oxygens (including phenoxy) is 2. The molecule has 0 radical (unpaired) electrons. The Hall–Kier alpha value is -3.07. The maximum Gasteiger partial charge on any atom is 0.416 e. The zero-order valence-electron chi connectivity index (χ0n) is 17.5. The predicted molar refractivity (Wildman–Crippen MR) is 109 cm³/mol. The van der Waals surface area contributed by atoms with Crippen molar-refractivity contribution in [1.29, 1.82) is 0 Å². The van der Waals surface area contributed by atoms with E-state index in [1.165, 1.54) is 12.1 Å². The summed E-state index contributed by atoms with van der Waals surface area (Å²) in [6.07, 6.45) is -5.40. The summed E-state index contributed by atoms with van der Waals surface area (Å²) in [5.74, 6) is -0.738. The Morgan fingerprint density at radius 1 is 1.00 bits per heavy atom. The third-order valence-electron chi connectivity index (χ3n) is 3.86. The fourth-order valence-electron chi connectivity index (χ4n) is 2.50. The van der Waals surface area contributed by atoms with Crippen LogP contribution in [0.2, 0.25) is 0 Å². The minimum atomic E-state index is -4.55. The first-order chi connectivity index (χ1) is 14.4. The van der Waals surface area contributed by atoms with E-state index in [0.717, 1.165) is 17.7 Å². The number of nitrogens with one attached hydrogen (secondary N) is 2. The largest absolute Gasteiger partial charge is 0.444 e. The van der Waals surface area contributed by atoms with Crippen LogP contribution in [-0.4, -0.2) is 30.3 Å². The van der Waals surface area contributed by atoms with E-state index in [2.05, 4.69) is 10.6 Å². The maximum absolute atomic E-state index is 12.9. The van der Waals surface area contributed by atoms with Crippen LogP contribution in [0.5, 0.6) is 0 Å². The number of alkyl halides is 3. The highest BCUT2D eigenvalue weighted by Gasteiger charge is 2.31. The highest BCUT2D eigenvalue weighted by atomic mass is 19.4. The number of alkyl carbamates (subject to hydrolysis) is 1. The molecule has 168 valence electrons. The van der Waals surface area contributed by atoms with Crippen molar-refractivity contribution in [3.05, 3.63) is 65.7 Å². The van der Waals surface area contributed by atoms with Crippen LogP contribution in [0.15, 0.2) is 54.6 Å². The van der Waals surface area contributed by atoms with Gasteiger partial charge < -0.3 is 20.1 Å². The summed E-state index contributed by atoms with van der Waals surface area (Å²) in [7, 11) is 0. The fraction of sp³-hybridized carbons (Fsp3) is 0.364. The fourth-order valence-corrected chi connectivity index (χ4v) is 2.50. The van der Waals surface area contributed by atoms with Gasteiger partial charge in [-0.15, -0.1) is 0 Å². The minimum absolute atomic E-state index is 0.0566. The van der Waals surface area contributed by atoms with Gasteiger partial charge in [-0.2, -0.15) is 13.2 Å². The lowest BCUT2D eigenvalue weighted by Gasteiger charge is -2.23. The Morgan fingerprint density at radius 2 is 1.68 bits per heavy atom. The number of carbonyl (C=O) groups is 2. The second kappa shape index (κ2) is 10.3. The van der Waals surface area contributed by atoms with E-state index in [1.807, 2.05) is 30.3 Å². The van der Waals surface area contributed by atoms with E-state index in [1.54, 1.807) is 20.8 Å². The smallest absolute Gasteiger partial charge is 0.416 e. The van der Waals surface area contributed by atoms with Gasteiger partial charge in [0.1, 0.15) is 11.6 Å². The van der Waals surface area contributed by atoms with Crippen molar-refractivity contribution in [2.45, 2.75) is 45.2 Å². The molecule has 2 aromatic rings. The summed E-state index contributed by atoms with van der Waals surface area (Å²) in [6, 6.07) is 12.2. The molecule has 0 saturated heterocycles. The summed E-state index contributed by atoms with van der Waals surface area (Å²) in [4.78, 5) is 24.8. The summed E-state index contributed by atoms with van der Waals surface area (Å²) in [5, 5.41) is 4.79. The van der Waals surface area contributed by atoms with Gasteiger partial charge in [-0.05, 0) is 44.5 Å². The molecule has 2 aromatic carbocycles. The van der Waals surface area contributed by atoms with Crippen molar-refractivity contribution >= 4 is 17.7 Å². The molecule has 0 fully saturated rings. The molecule has 0 aliphatic heterocycles. The Kier molecular flexibility index (Phi) is 8.04. The van der Waals surface area contributed by atoms with Crippen LogP contribution in [0.1, 0.15) is 31.9 Å². The Labute approximate surface area is 178 Å². The van der Waals surface area contributed by atoms with E-state index in [-0.39, 0.29) is 18.9 Å². The molecule has 2 rings (SSSR count). The molecule has 2 N–H and O–H groups in total. The van der Waals surface area contributed by atoms with Crippen molar-refractivity contribution in [1.82, 2.24) is 5.32 Å². The van der Waals surface area contributed by atoms with Gasteiger partial charge >= 0.3 is 12.3 Å². The second-order valence-electron chi connectivity index (χ2n) is 7.77. The zero-order chi connectivity index (χ0) is 23.1. The van der Waals surface area contributed by atoms with Gasteiger partial charge in [0.25, 0.3) is 0 Å². The number of rotatable bonds is 7. The van der Waals surface area contributed by atoms with Gasteiger partial charge in [0.05, 0.1) is 18.8 Å². The quantitative estimate of drug-likeness (QED) is 0.654. The highest BCUT2D eigenvalue weighted by molar-refractivity contribution is 5.96. The van der Waals surface area contributed by atoms with Gasteiger partial charge in [0.2, 0.25) is 5.91 Å². The van der Waals surface area contributed by atoms with Crippen LogP contribution in [0.3, 0.4) is 0 Å². The van der Waals surface area contributed by atoms with E-state index in [9.17, 15) is 22.8 Å². The lowest BCUT2D eigenvalue weighted by Crippen LogP contribution is -2.48. The number of amides is 2. The van der Waals surface area contributed by atoms with Gasteiger partial charge in [0.15, 0.2) is 0 Å². The molecule has 31 heavy (non-hydrogen) atoms. The van der Waals surface area contributed by atoms with Crippen LogP contribution < -0.4 is 10.6 Å². The highest BCUT2D eigenvalue weighted by Crippen LogP contribution is 2.30. The van der Waals surface area contributed by atoms with E-state index >= 15 is 0 Å². The summed E-state index contributed by atoms with van der Waals surface area (Å²) < 4.78 is 49.4. The van der Waals surface area contributed by atoms with Crippen molar-refractivity contribution in [2.75, 3.05) is 11.9 Å². The topological polar surface area (TPSA) is 76.7 Å². The first kappa shape index (κ1) is 24.2. The standard InChI is InChI=1S/C22H25F3N2O4/c1-21(2,3)31-20(29)27-18(14-30-13-15-8-5-4-6-9-15)19(28)26-17-11-7-10-16(12-17)22(23,24)25/h4-12,18H,13-14H2,1-3H3,(H,26,28)(H,27,29)/t18-/m0/s1. The van der Waals surface area contributed by atoms with Crippen molar-refractivity contribution < 1.29 is 32.2 Å². The van der Waals surface area contributed by atoms with Gasteiger partial charge in [0, 0.05) is 5.69 Å². The van der Waals surface area contributed by atoms with E-state index < -0.39 is 35.4 Å². The lowest BCUT2D eigenvalue weighted by atomic mass is 10.2. The number of hydrogen-bond donors (Lipinski definition) is 2. The Morgan fingerprint density at radius 3 is 2.29 bits per heavy atom. The molecule has 0 aliphatic rings. The maximum atomic E-state index is 12.9. The Balaban J connectivity index is 2.08. The molecule has 0 aliphatic carbocycles. The summed E-state index contributed by atoms with van der Waals surface area (Å²) >= 11 is 0. The second-order valence-corrected chi connectivity index (χ2v) is 7.77. The third-order valence-corrected chi connectivity index (χ3v) is 3.86. The molecule has 0 heterocycles. The molecule has 1 atom stereocenters.